The Kier molecular flexibility index (Phi) is 4.25. The molecule has 0 saturated carbocycles. The number of para-hydroxylation sites is 1. The second-order valence-electron chi connectivity index (χ2n) is 5.89. The van der Waals surface area contributed by atoms with Crippen LogP contribution < -0.4 is 4.90 Å². The Balaban J connectivity index is 1.58. The van der Waals surface area contributed by atoms with Gasteiger partial charge in [0, 0.05) is 50.3 Å². The number of hydrogen-bond acceptors (Lipinski definition) is 3. The van der Waals surface area contributed by atoms with Gasteiger partial charge in [-0.2, -0.15) is 5.10 Å². The summed E-state index contributed by atoms with van der Waals surface area (Å²) in [7, 11) is 0. The van der Waals surface area contributed by atoms with Gasteiger partial charge >= 0.3 is 0 Å². The first-order valence-corrected chi connectivity index (χ1v) is 7.76. The number of piperazine rings is 1. The molecular formula is C17H24N4. The lowest BCUT2D eigenvalue weighted by molar-refractivity contribution is 0.180. The number of rotatable bonds is 4. The van der Waals surface area contributed by atoms with Crippen LogP contribution in [0.15, 0.2) is 42.7 Å². The molecule has 112 valence electrons. The molecule has 0 amide bonds. The van der Waals surface area contributed by atoms with E-state index in [2.05, 4.69) is 53.0 Å². The third kappa shape index (κ3) is 3.27. The molecule has 0 aliphatic carbocycles. The van der Waals surface area contributed by atoms with E-state index in [1.807, 2.05) is 23.1 Å². The standard InChI is InChI=1S/C17H24N4/c1-15-6-3-4-7-17(15)20-11-10-19(16(2)14-20)12-13-21-9-5-8-18-21/h3-9,16H,10-14H2,1-2H3. The normalized spacial score (nSPS) is 19.9. The van der Waals surface area contributed by atoms with Crippen molar-refractivity contribution in [2.24, 2.45) is 0 Å². The lowest BCUT2D eigenvalue weighted by Gasteiger charge is -2.41. The number of nitrogens with zero attached hydrogens (tertiary/aromatic N) is 4. The van der Waals surface area contributed by atoms with Gasteiger partial charge in [-0.3, -0.25) is 9.58 Å². The van der Waals surface area contributed by atoms with Crippen molar-refractivity contribution in [3.63, 3.8) is 0 Å². The number of anilines is 1. The highest BCUT2D eigenvalue weighted by molar-refractivity contribution is 5.53. The van der Waals surface area contributed by atoms with Crippen LogP contribution in [0.1, 0.15) is 12.5 Å². The first-order chi connectivity index (χ1) is 10.2. The Labute approximate surface area is 127 Å². The maximum Gasteiger partial charge on any atom is 0.0536 e. The largest absolute Gasteiger partial charge is 0.368 e. The highest BCUT2D eigenvalue weighted by Crippen LogP contribution is 2.22. The summed E-state index contributed by atoms with van der Waals surface area (Å²) in [5, 5.41) is 4.28. The fourth-order valence-corrected chi connectivity index (χ4v) is 3.13. The van der Waals surface area contributed by atoms with Crippen molar-refractivity contribution in [3.8, 4) is 0 Å². The van der Waals surface area contributed by atoms with Gasteiger partial charge in [-0.15, -0.1) is 0 Å². The average molecular weight is 284 g/mol. The average Bonchev–Trinajstić information content (AvgIpc) is 3.00. The monoisotopic (exact) mass is 284 g/mol. The third-order valence-corrected chi connectivity index (χ3v) is 4.40. The summed E-state index contributed by atoms with van der Waals surface area (Å²) in [6.45, 7) is 9.90. The first-order valence-electron chi connectivity index (χ1n) is 7.76. The smallest absolute Gasteiger partial charge is 0.0536 e. The molecule has 1 aliphatic rings. The van der Waals surface area contributed by atoms with Gasteiger partial charge in [-0.1, -0.05) is 18.2 Å². The maximum atomic E-state index is 4.28. The van der Waals surface area contributed by atoms with Crippen molar-refractivity contribution in [1.82, 2.24) is 14.7 Å². The second-order valence-corrected chi connectivity index (χ2v) is 5.89. The Morgan fingerprint density at radius 2 is 2.00 bits per heavy atom. The van der Waals surface area contributed by atoms with Crippen molar-refractivity contribution in [3.05, 3.63) is 48.3 Å². The van der Waals surface area contributed by atoms with Crippen LogP contribution in [0.2, 0.25) is 0 Å². The van der Waals surface area contributed by atoms with Crippen LogP contribution in [0.3, 0.4) is 0 Å². The zero-order valence-corrected chi connectivity index (χ0v) is 12.9. The molecule has 0 bridgehead atoms. The molecule has 3 rings (SSSR count). The van der Waals surface area contributed by atoms with E-state index in [4.69, 9.17) is 0 Å². The Bertz CT molecular complexity index is 564. The minimum absolute atomic E-state index is 0.578. The van der Waals surface area contributed by atoms with Gasteiger partial charge in [0.2, 0.25) is 0 Å². The molecule has 2 aromatic rings. The summed E-state index contributed by atoms with van der Waals surface area (Å²) in [6, 6.07) is 11.2. The van der Waals surface area contributed by atoms with E-state index < -0.39 is 0 Å². The summed E-state index contributed by atoms with van der Waals surface area (Å²) < 4.78 is 2.01. The van der Waals surface area contributed by atoms with Crippen LogP contribution in [-0.4, -0.2) is 46.9 Å². The van der Waals surface area contributed by atoms with Crippen molar-refractivity contribution < 1.29 is 0 Å². The van der Waals surface area contributed by atoms with Crippen molar-refractivity contribution in [1.29, 1.82) is 0 Å². The minimum atomic E-state index is 0.578. The summed E-state index contributed by atoms with van der Waals surface area (Å²) in [6.07, 6.45) is 3.88. The molecular weight excluding hydrogens is 260 g/mol. The molecule has 0 radical (unpaired) electrons. The number of hydrogen-bond donors (Lipinski definition) is 0. The van der Waals surface area contributed by atoms with Crippen LogP contribution in [-0.2, 0) is 6.54 Å². The van der Waals surface area contributed by atoms with Crippen molar-refractivity contribution >= 4 is 5.69 Å². The summed E-state index contributed by atoms with van der Waals surface area (Å²) in [5.41, 5.74) is 2.76. The van der Waals surface area contributed by atoms with E-state index in [1.165, 1.54) is 11.3 Å². The molecule has 21 heavy (non-hydrogen) atoms. The second kappa shape index (κ2) is 6.31. The van der Waals surface area contributed by atoms with E-state index in [-0.39, 0.29) is 0 Å². The predicted molar refractivity (Wildman–Crippen MR) is 86.7 cm³/mol. The molecule has 1 unspecified atom stereocenters. The van der Waals surface area contributed by atoms with Crippen LogP contribution in [0.5, 0.6) is 0 Å². The molecule has 0 N–H and O–H groups in total. The van der Waals surface area contributed by atoms with E-state index >= 15 is 0 Å². The molecule has 4 nitrogen and oxygen atoms in total. The topological polar surface area (TPSA) is 24.3 Å². The number of benzene rings is 1. The van der Waals surface area contributed by atoms with Crippen LogP contribution in [0.25, 0.3) is 0 Å². The molecule has 1 aromatic carbocycles. The van der Waals surface area contributed by atoms with Gasteiger partial charge < -0.3 is 4.90 Å². The Morgan fingerprint density at radius 1 is 1.14 bits per heavy atom. The van der Waals surface area contributed by atoms with Crippen LogP contribution in [0, 0.1) is 6.92 Å². The molecule has 1 saturated heterocycles. The predicted octanol–water partition coefficient (Wildman–Crippen LogP) is 2.40. The van der Waals surface area contributed by atoms with Crippen LogP contribution in [0.4, 0.5) is 5.69 Å². The first kappa shape index (κ1) is 14.1. The fraction of sp³-hybridized carbons (Fsp3) is 0.471. The Hall–Kier alpha value is -1.81. The molecule has 1 aromatic heterocycles. The van der Waals surface area contributed by atoms with Gasteiger partial charge in [0.25, 0.3) is 0 Å². The van der Waals surface area contributed by atoms with Gasteiger partial charge in [-0.25, -0.2) is 0 Å². The SMILES string of the molecule is Cc1ccccc1N1CCN(CCn2cccn2)C(C)C1. The van der Waals surface area contributed by atoms with Crippen LogP contribution >= 0.6 is 0 Å². The number of aromatic nitrogens is 2. The molecule has 4 heteroatoms. The highest BCUT2D eigenvalue weighted by Gasteiger charge is 2.24. The highest BCUT2D eigenvalue weighted by atomic mass is 15.3. The van der Waals surface area contributed by atoms with E-state index in [1.54, 1.807) is 0 Å². The van der Waals surface area contributed by atoms with Gasteiger partial charge in [0.05, 0.1) is 6.54 Å². The van der Waals surface area contributed by atoms with E-state index in [9.17, 15) is 0 Å². The van der Waals surface area contributed by atoms with Crippen molar-refractivity contribution in [2.45, 2.75) is 26.4 Å². The number of aryl methyl sites for hydroxylation is 1. The fourth-order valence-electron chi connectivity index (χ4n) is 3.13. The summed E-state index contributed by atoms with van der Waals surface area (Å²) in [4.78, 5) is 5.08. The molecule has 0 spiro atoms. The van der Waals surface area contributed by atoms with Crippen molar-refractivity contribution in [2.75, 3.05) is 31.1 Å². The van der Waals surface area contributed by atoms with E-state index in [0.29, 0.717) is 6.04 Å². The van der Waals surface area contributed by atoms with Gasteiger partial charge in [-0.05, 0) is 31.5 Å². The maximum absolute atomic E-state index is 4.28. The molecule has 1 fully saturated rings. The van der Waals surface area contributed by atoms with E-state index in [0.717, 1.165) is 32.7 Å². The van der Waals surface area contributed by atoms with Gasteiger partial charge in [0.15, 0.2) is 0 Å². The lowest BCUT2D eigenvalue weighted by Crippen LogP contribution is -2.52. The summed E-state index contributed by atoms with van der Waals surface area (Å²) in [5.74, 6) is 0. The zero-order chi connectivity index (χ0) is 14.7. The zero-order valence-electron chi connectivity index (χ0n) is 12.9. The third-order valence-electron chi connectivity index (χ3n) is 4.40. The summed E-state index contributed by atoms with van der Waals surface area (Å²) >= 11 is 0. The molecule has 1 atom stereocenters. The quantitative estimate of drug-likeness (QED) is 0.861. The van der Waals surface area contributed by atoms with Gasteiger partial charge in [0.1, 0.15) is 0 Å². The lowest BCUT2D eigenvalue weighted by atomic mass is 10.1. The molecule has 2 heterocycles. The molecule has 1 aliphatic heterocycles. The minimum Gasteiger partial charge on any atom is -0.368 e. The Morgan fingerprint density at radius 3 is 2.71 bits per heavy atom.